The van der Waals surface area contributed by atoms with Crippen molar-refractivity contribution in [1.29, 1.82) is 0 Å². The number of rotatable bonds is 1. The predicted octanol–water partition coefficient (Wildman–Crippen LogP) is 1.64. The number of fused-ring (bicyclic) bond motifs is 1. The van der Waals surface area contributed by atoms with Gasteiger partial charge in [-0.1, -0.05) is 12.1 Å². The number of benzene rings is 1. The van der Waals surface area contributed by atoms with Crippen LogP contribution in [0.5, 0.6) is 0 Å². The quantitative estimate of drug-likeness (QED) is 0.716. The van der Waals surface area contributed by atoms with Crippen molar-refractivity contribution in [1.82, 2.24) is 0 Å². The highest BCUT2D eigenvalue weighted by Crippen LogP contribution is 2.34. The van der Waals surface area contributed by atoms with E-state index in [0.717, 1.165) is 5.56 Å². The molecule has 2 rings (SSSR count). The summed E-state index contributed by atoms with van der Waals surface area (Å²) in [5.74, 6) is -1.36. The van der Waals surface area contributed by atoms with Gasteiger partial charge in [-0.25, -0.2) is 9.18 Å². The molecule has 1 aromatic carbocycles. The molecule has 3 nitrogen and oxygen atoms in total. The Balaban J connectivity index is 2.44. The number of hydrogen-bond acceptors (Lipinski definition) is 2. The van der Waals surface area contributed by atoms with Crippen LogP contribution in [0.4, 0.5) is 10.1 Å². The first-order chi connectivity index (χ1) is 6.53. The molecule has 0 aliphatic carbocycles. The molecular formula is C10H10FNO2. The van der Waals surface area contributed by atoms with E-state index >= 15 is 0 Å². The summed E-state index contributed by atoms with van der Waals surface area (Å²) in [6, 6.07) is 4.64. The highest BCUT2D eigenvalue weighted by atomic mass is 19.1. The molecule has 0 spiro atoms. The van der Waals surface area contributed by atoms with Crippen LogP contribution in [0, 0.1) is 5.82 Å². The number of carbonyl (C=O) groups is 1. The third kappa shape index (κ3) is 1.14. The number of para-hydroxylation sites is 1. The van der Waals surface area contributed by atoms with E-state index in [0.29, 0.717) is 12.1 Å². The zero-order valence-corrected chi connectivity index (χ0v) is 7.67. The van der Waals surface area contributed by atoms with Crippen LogP contribution < -0.4 is 5.32 Å². The Morgan fingerprint density at radius 3 is 2.93 bits per heavy atom. The van der Waals surface area contributed by atoms with Crippen LogP contribution in [-0.4, -0.2) is 16.6 Å². The summed E-state index contributed by atoms with van der Waals surface area (Å²) < 4.78 is 13.2. The van der Waals surface area contributed by atoms with Crippen LogP contribution >= 0.6 is 0 Å². The Bertz CT molecular complexity index is 405. The topological polar surface area (TPSA) is 49.3 Å². The first-order valence-corrected chi connectivity index (χ1v) is 4.32. The van der Waals surface area contributed by atoms with Crippen molar-refractivity contribution in [2.75, 3.05) is 5.32 Å². The van der Waals surface area contributed by atoms with E-state index in [2.05, 4.69) is 5.32 Å². The molecule has 1 aromatic rings. The summed E-state index contributed by atoms with van der Waals surface area (Å²) in [5.41, 5.74) is -0.0443. The molecule has 0 aromatic heterocycles. The summed E-state index contributed by atoms with van der Waals surface area (Å²) in [4.78, 5) is 10.9. The molecule has 0 saturated carbocycles. The zero-order chi connectivity index (χ0) is 10.3. The molecular weight excluding hydrogens is 185 g/mol. The molecule has 2 N–H and O–H groups in total. The molecule has 1 heterocycles. The highest BCUT2D eigenvalue weighted by Gasteiger charge is 2.40. The third-order valence-corrected chi connectivity index (χ3v) is 2.52. The van der Waals surface area contributed by atoms with Gasteiger partial charge < -0.3 is 10.4 Å². The van der Waals surface area contributed by atoms with Gasteiger partial charge in [0.1, 0.15) is 11.4 Å². The van der Waals surface area contributed by atoms with Gasteiger partial charge in [0.25, 0.3) is 0 Å². The SMILES string of the molecule is CC1(C(=O)O)Cc2cccc(F)c2N1. The number of aliphatic carboxylic acids is 1. The summed E-state index contributed by atoms with van der Waals surface area (Å²) in [5, 5.41) is 11.7. The normalized spacial score (nSPS) is 24.1. The van der Waals surface area contributed by atoms with E-state index < -0.39 is 17.3 Å². The van der Waals surface area contributed by atoms with Gasteiger partial charge >= 0.3 is 5.97 Å². The van der Waals surface area contributed by atoms with E-state index in [1.165, 1.54) is 6.07 Å². The molecule has 1 unspecified atom stereocenters. The van der Waals surface area contributed by atoms with Gasteiger partial charge in [0, 0.05) is 6.42 Å². The molecule has 4 heteroatoms. The average molecular weight is 195 g/mol. The fourth-order valence-electron chi connectivity index (χ4n) is 1.69. The van der Waals surface area contributed by atoms with E-state index in [-0.39, 0.29) is 0 Å². The summed E-state index contributed by atoms with van der Waals surface area (Å²) >= 11 is 0. The maximum Gasteiger partial charge on any atom is 0.329 e. The van der Waals surface area contributed by atoms with Crippen LogP contribution in [0.15, 0.2) is 18.2 Å². The minimum absolute atomic E-state index is 0.315. The minimum atomic E-state index is -1.08. The van der Waals surface area contributed by atoms with E-state index in [1.807, 2.05) is 0 Å². The average Bonchev–Trinajstić information content (AvgIpc) is 2.45. The van der Waals surface area contributed by atoms with Crippen molar-refractivity contribution in [3.63, 3.8) is 0 Å². The van der Waals surface area contributed by atoms with Gasteiger partial charge in [-0.05, 0) is 18.6 Å². The Morgan fingerprint density at radius 1 is 1.64 bits per heavy atom. The molecule has 0 bridgehead atoms. The van der Waals surface area contributed by atoms with Crippen molar-refractivity contribution in [3.8, 4) is 0 Å². The monoisotopic (exact) mass is 195 g/mol. The minimum Gasteiger partial charge on any atom is -0.480 e. The largest absolute Gasteiger partial charge is 0.480 e. The fourth-order valence-corrected chi connectivity index (χ4v) is 1.69. The van der Waals surface area contributed by atoms with Crippen molar-refractivity contribution in [2.45, 2.75) is 18.9 Å². The molecule has 0 radical (unpaired) electrons. The Hall–Kier alpha value is -1.58. The van der Waals surface area contributed by atoms with E-state index in [1.54, 1.807) is 19.1 Å². The Labute approximate surface area is 80.6 Å². The lowest BCUT2D eigenvalue weighted by molar-refractivity contribution is -0.141. The van der Waals surface area contributed by atoms with Crippen molar-refractivity contribution in [2.24, 2.45) is 0 Å². The fraction of sp³-hybridized carbons (Fsp3) is 0.300. The molecule has 0 saturated heterocycles. The second-order valence-corrected chi connectivity index (χ2v) is 3.71. The van der Waals surface area contributed by atoms with Crippen LogP contribution in [0.1, 0.15) is 12.5 Å². The van der Waals surface area contributed by atoms with E-state index in [9.17, 15) is 9.18 Å². The van der Waals surface area contributed by atoms with Gasteiger partial charge in [-0.3, -0.25) is 0 Å². The molecule has 0 amide bonds. The summed E-state index contributed by atoms with van der Waals surface area (Å²) in [6.45, 7) is 1.55. The van der Waals surface area contributed by atoms with Gasteiger partial charge in [0.05, 0.1) is 5.69 Å². The molecule has 0 fully saturated rings. The summed E-state index contributed by atoms with van der Waals surface area (Å²) in [6.07, 6.45) is 0.315. The molecule has 1 aliphatic heterocycles. The lowest BCUT2D eigenvalue weighted by atomic mass is 9.98. The van der Waals surface area contributed by atoms with Gasteiger partial charge in [-0.15, -0.1) is 0 Å². The maximum absolute atomic E-state index is 13.2. The number of anilines is 1. The second kappa shape index (κ2) is 2.70. The van der Waals surface area contributed by atoms with Crippen LogP contribution in [0.2, 0.25) is 0 Å². The Kier molecular flexibility index (Phi) is 1.74. The Morgan fingerprint density at radius 2 is 2.36 bits per heavy atom. The first kappa shape index (κ1) is 8.99. The lowest BCUT2D eigenvalue weighted by Gasteiger charge is -2.18. The smallest absolute Gasteiger partial charge is 0.329 e. The standard InChI is InChI=1S/C10H10FNO2/c1-10(9(13)14)5-6-3-2-4-7(11)8(6)12-10/h2-4,12H,5H2,1H3,(H,13,14). The number of halogens is 1. The third-order valence-electron chi connectivity index (χ3n) is 2.52. The first-order valence-electron chi connectivity index (χ1n) is 4.32. The number of nitrogens with one attached hydrogen (secondary N) is 1. The number of hydrogen-bond donors (Lipinski definition) is 2. The maximum atomic E-state index is 13.2. The number of carboxylic acid groups (broad SMARTS) is 1. The highest BCUT2D eigenvalue weighted by molar-refractivity contribution is 5.86. The molecule has 1 atom stereocenters. The summed E-state index contributed by atoms with van der Waals surface area (Å²) in [7, 11) is 0. The lowest BCUT2D eigenvalue weighted by Crippen LogP contribution is -2.41. The molecule has 1 aliphatic rings. The van der Waals surface area contributed by atoms with Gasteiger partial charge in [-0.2, -0.15) is 0 Å². The molecule has 14 heavy (non-hydrogen) atoms. The van der Waals surface area contributed by atoms with Crippen LogP contribution in [0.25, 0.3) is 0 Å². The van der Waals surface area contributed by atoms with Crippen molar-refractivity contribution in [3.05, 3.63) is 29.6 Å². The van der Waals surface area contributed by atoms with Crippen molar-refractivity contribution < 1.29 is 14.3 Å². The van der Waals surface area contributed by atoms with Crippen molar-refractivity contribution >= 4 is 11.7 Å². The number of carboxylic acids is 1. The second-order valence-electron chi connectivity index (χ2n) is 3.71. The van der Waals surface area contributed by atoms with E-state index in [4.69, 9.17) is 5.11 Å². The van der Waals surface area contributed by atoms with Gasteiger partial charge in [0.2, 0.25) is 0 Å². The zero-order valence-electron chi connectivity index (χ0n) is 7.67. The predicted molar refractivity (Wildman–Crippen MR) is 49.8 cm³/mol. The molecule has 74 valence electrons. The van der Waals surface area contributed by atoms with Crippen LogP contribution in [-0.2, 0) is 11.2 Å². The van der Waals surface area contributed by atoms with Crippen LogP contribution in [0.3, 0.4) is 0 Å². The van der Waals surface area contributed by atoms with Gasteiger partial charge in [0.15, 0.2) is 0 Å².